The Hall–Kier alpha value is -6.10. The molecule has 0 saturated carbocycles. The molecule has 1 aliphatic carbocycles. The van der Waals surface area contributed by atoms with Crippen molar-refractivity contribution in [2.24, 2.45) is 0 Å². The van der Waals surface area contributed by atoms with Crippen molar-refractivity contribution < 1.29 is 69.8 Å². The second-order valence-electron chi connectivity index (χ2n) is 12.4. The Morgan fingerprint density at radius 1 is 0.692 bits per heavy atom. The molecule has 5 atom stereocenters. The van der Waals surface area contributed by atoms with Crippen LogP contribution in [-0.4, -0.2) is 94.2 Å². The second-order valence-corrected chi connectivity index (χ2v) is 12.4. The highest BCUT2D eigenvalue weighted by Gasteiger charge is 2.45. The summed E-state index contributed by atoms with van der Waals surface area (Å²) in [5.74, 6) is -4.22. The van der Waals surface area contributed by atoms with Crippen LogP contribution in [0.15, 0.2) is 76.0 Å². The lowest BCUT2D eigenvalue weighted by Crippen LogP contribution is -2.60. The van der Waals surface area contributed by atoms with Gasteiger partial charge in [-0.15, -0.1) is 0 Å². The van der Waals surface area contributed by atoms with Crippen LogP contribution in [0, 0.1) is 0 Å². The molecule has 7 rings (SSSR count). The standard InChI is InChI=1S/C37H30O15/c38-13-27-32(46)34(48)35(49)37(52-27)51-26-12-24(45)28-19(7-16(9-22(28)43)15-3-6-20(41)21(42)8-15)29(26)31-33(47)30-23(44)10-18(40)11-25(30)50-36(31)14-1-4-17(39)5-2-14/h1-6,8-12,27,32,34-35,37-42,44-46,48-49H,7,13H2. The molecule has 1 aliphatic heterocycles. The number of aliphatic hydroxyl groups excluding tert-OH is 4. The first-order valence-corrected chi connectivity index (χ1v) is 15.7. The van der Waals surface area contributed by atoms with Gasteiger partial charge in [-0.3, -0.25) is 9.59 Å². The highest BCUT2D eigenvalue weighted by molar-refractivity contribution is 6.15. The topological polar surface area (TPSA) is 268 Å². The van der Waals surface area contributed by atoms with Gasteiger partial charge >= 0.3 is 0 Å². The van der Waals surface area contributed by atoms with Crippen LogP contribution < -0.4 is 10.2 Å². The highest BCUT2D eigenvalue weighted by atomic mass is 16.7. The van der Waals surface area contributed by atoms with E-state index < -0.39 is 88.4 Å². The number of aliphatic hydroxyl groups is 4. The van der Waals surface area contributed by atoms with E-state index in [1.54, 1.807) is 0 Å². The predicted molar refractivity (Wildman–Crippen MR) is 180 cm³/mol. The Kier molecular flexibility index (Phi) is 8.52. The molecule has 4 aromatic carbocycles. The highest BCUT2D eigenvalue weighted by Crippen LogP contribution is 2.48. The summed E-state index contributed by atoms with van der Waals surface area (Å²) in [5, 5.41) is 104. The first kappa shape index (κ1) is 34.4. The van der Waals surface area contributed by atoms with Gasteiger partial charge in [0.25, 0.3) is 0 Å². The Balaban J connectivity index is 1.55. The average molecular weight is 715 g/mol. The quantitative estimate of drug-likeness (QED) is 0.113. The van der Waals surface area contributed by atoms with Crippen LogP contribution in [0.3, 0.4) is 0 Å². The number of aromatic hydroxyl groups is 6. The van der Waals surface area contributed by atoms with Crippen LogP contribution in [0.5, 0.6) is 40.2 Å². The Morgan fingerprint density at radius 2 is 1.40 bits per heavy atom. The van der Waals surface area contributed by atoms with Gasteiger partial charge in [0.15, 0.2) is 17.3 Å². The van der Waals surface area contributed by atoms with Crippen LogP contribution in [0.1, 0.15) is 21.5 Å². The molecule has 0 radical (unpaired) electrons. The van der Waals surface area contributed by atoms with Crippen molar-refractivity contribution in [1.29, 1.82) is 0 Å². The normalized spacial score (nSPS) is 21.5. The summed E-state index contributed by atoms with van der Waals surface area (Å²) in [4.78, 5) is 28.5. The molecule has 0 bridgehead atoms. The smallest absolute Gasteiger partial charge is 0.229 e. The lowest BCUT2D eigenvalue weighted by atomic mass is 9.81. The molecule has 2 aliphatic rings. The van der Waals surface area contributed by atoms with Gasteiger partial charge in [0.05, 0.1) is 17.7 Å². The van der Waals surface area contributed by atoms with Gasteiger partial charge < -0.3 is 65.0 Å². The van der Waals surface area contributed by atoms with E-state index in [2.05, 4.69) is 0 Å². The fraction of sp³-hybridized carbons (Fsp3) is 0.189. The largest absolute Gasteiger partial charge is 0.508 e. The third-order valence-electron chi connectivity index (χ3n) is 9.07. The van der Waals surface area contributed by atoms with Crippen LogP contribution in [0.25, 0.3) is 39.0 Å². The zero-order chi connectivity index (χ0) is 37.2. The molecular formula is C37H30O15. The van der Waals surface area contributed by atoms with Gasteiger partial charge in [-0.25, -0.2) is 0 Å². The monoisotopic (exact) mass is 714 g/mol. The van der Waals surface area contributed by atoms with E-state index in [-0.39, 0.29) is 62.5 Å². The molecule has 15 nitrogen and oxygen atoms in total. The molecule has 52 heavy (non-hydrogen) atoms. The number of hydrogen-bond donors (Lipinski definition) is 10. The molecule has 268 valence electrons. The summed E-state index contributed by atoms with van der Waals surface area (Å²) >= 11 is 0. The van der Waals surface area contributed by atoms with E-state index in [9.17, 15) is 60.7 Å². The van der Waals surface area contributed by atoms with Crippen molar-refractivity contribution in [2.45, 2.75) is 37.1 Å². The van der Waals surface area contributed by atoms with Crippen molar-refractivity contribution >= 4 is 22.3 Å². The van der Waals surface area contributed by atoms with Crippen LogP contribution in [0.4, 0.5) is 0 Å². The van der Waals surface area contributed by atoms with E-state index in [0.29, 0.717) is 0 Å². The number of carbonyl (C=O) groups is 1. The van der Waals surface area contributed by atoms with E-state index in [4.69, 9.17) is 13.9 Å². The third kappa shape index (κ3) is 5.71. The zero-order valence-corrected chi connectivity index (χ0v) is 26.7. The van der Waals surface area contributed by atoms with Gasteiger partial charge in [0.1, 0.15) is 69.9 Å². The molecule has 5 aromatic rings. The van der Waals surface area contributed by atoms with Gasteiger partial charge in [-0.05, 0) is 65.6 Å². The number of benzene rings is 4. The maximum Gasteiger partial charge on any atom is 0.229 e. The number of ketones is 1. The Morgan fingerprint density at radius 3 is 2.10 bits per heavy atom. The summed E-state index contributed by atoms with van der Waals surface area (Å²) in [5.41, 5.74) is -1.38. The van der Waals surface area contributed by atoms with E-state index in [1.807, 2.05) is 0 Å². The van der Waals surface area contributed by atoms with Gasteiger partial charge in [0.2, 0.25) is 11.7 Å². The van der Waals surface area contributed by atoms with Gasteiger partial charge in [0, 0.05) is 29.3 Å². The summed E-state index contributed by atoms with van der Waals surface area (Å²) in [6.45, 7) is -0.805. The van der Waals surface area contributed by atoms with Crippen molar-refractivity contribution in [3.05, 3.63) is 93.7 Å². The second kappa shape index (κ2) is 12.9. The van der Waals surface area contributed by atoms with Crippen molar-refractivity contribution in [1.82, 2.24) is 0 Å². The SMILES string of the molecule is O=C1C=C(c2ccc(O)c(O)c2)Cc2c1c(O)cc(OC1OC(CO)C(O)C(O)C1O)c2-c1c(-c2ccc(O)cc2)oc2cc(O)cc(O)c2c1=O. The zero-order valence-electron chi connectivity index (χ0n) is 26.7. The predicted octanol–water partition coefficient (Wildman–Crippen LogP) is 2.36. The first-order valence-electron chi connectivity index (χ1n) is 15.7. The summed E-state index contributed by atoms with van der Waals surface area (Å²) in [6.07, 6.45) is -7.90. The minimum absolute atomic E-state index is 0.0420. The molecular weight excluding hydrogens is 684 g/mol. The molecule has 1 saturated heterocycles. The minimum Gasteiger partial charge on any atom is -0.508 e. The van der Waals surface area contributed by atoms with Crippen molar-refractivity contribution in [2.75, 3.05) is 6.61 Å². The summed E-state index contributed by atoms with van der Waals surface area (Å²) in [7, 11) is 0. The summed E-state index contributed by atoms with van der Waals surface area (Å²) in [6, 6.07) is 12.1. The number of carbonyl (C=O) groups excluding carboxylic acids is 1. The van der Waals surface area contributed by atoms with Crippen molar-refractivity contribution in [3.63, 3.8) is 0 Å². The lowest BCUT2D eigenvalue weighted by Gasteiger charge is -2.40. The van der Waals surface area contributed by atoms with Crippen molar-refractivity contribution in [3.8, 4) is 62.7 Å². The fourth-order valence-corrected chi connectivity index (χ4v) is 6.51. The molecule has 0 amide bonds. The van der Waals surface area contributed by atoms with E-state index >= 15 is 0 Å². The minimum atomic E-state index is -1.95. The number of rotatable bonds is 6. The van der Waals surface area contributed by atoms with E-state index in [1.165, 1.54) is 48.5 Å². The molecule has 1 aromatic heterocycles. The van der Waals surface area contributed by atoms with Crippen LogP contribution in [0.2, 0.25) is 0 Å². The number of phenols is 6. The Bertz CT molecular complexity index is 2340. The molecule has 5 unspecified atom stereocenters. The first-order chi connectivity index (χ1) is 24.8. The maximum absolute atomic E-state index is 14.7. The molecule has 10 N–H and O–H groups in total. The molecule has 0 spiro atoms. The lowest BCUT2D eigenvalue weighted by molar-refractivity contribution is -0.277. The maximum atomic E-state index is 14.7. The third-order valence-corrected chi connectivity index (χ3v) is 9.07. The van der Waals surface area contributed by atoms with Gasteiger partial charge in [-0.1, -0.05) is 6.07 Å². The molecule has 1 fully saturated rings. The number of hydrogen-bond acceptors (Lipinski definition) is 15. The van der Waals surface area contributed by atoms with E-state index in [0.717, 1.165) is 18.2 Å². The molecule has 15 heteroatoms. The Labute approximate surface area is 292 Å². The summed E-state index contributed by atoms with van der Waals surface area (Å²) < 4.78 is 17.8. The number of allylic oxidation sites excluding steroid dienone is 2. The average Bonchev–Trinajstić information content (AvgIpc) is 3.10. The number of ether oxygens (including phenoxy) is 2. The van der Waals surface area contributed by atoms with Crippen LogP contribution >= 0.6 is 0 Å². The number of phenolic OH excluding ortho intramolecular Hbond substituents is 6. The van der Waals surface area contributed by atoms with Gasteiger partial charge in [-0.2, -0.15) is 0 Å². The fourth-order valence-electron chi connectivity index (χ4n) is 6.51. The van der Waals surface area contributed by atoms with Crippen LogP contribution in [-0.2, 0) is 11.2 Å². The molecule has 2 heterocycles. The number of fused-ring (bicyclic) bond motifs is 2.